The Hall–Kier alpha value is -3.06. The number of aryl methyl sites for hydroxylation is 1. The van der Waals surface area contributed by atoms with Gasteiger partial charge < -0.3 is 24.8 Å². The highest BCUT2D eigenvalue weighted by molar-refractivity contribution is 6.39. The standard InChI is InChI=1S/C20H24N2O5/c1-13-8-9-17(26-3)16(10-13)22-20(24)19(23)21-12-18(27-4)14-6-5-7-15(11-14)25-2/h5-11,18H,12H2,1-4H3,(H,21,23)(H,22,24). The fourth-order valence-electron chi connectivity index (χ4n) is 2.54. The van der Waals surface area contributed by atoms with Crippen molar-refractivity contribution in [3.8, 4) is 11.5 Å². The molecule has 0 saturated heterocycles. The Bertz CT molecular complexity index is 807. The van der Waals surface area contributed by atoms with Gasteiger partial charge >= 0.3 is 11.8 Å². The molecule has 144 valence electrons. The van der Waals surface area contributed by atoms with Gasteiger partial charge in [-0.15, -0.1) is 0 Å². The Labute approximate surface area is 158 Å². The summed E-state index contributed by atoms with van der Waals surface area (Å²) in [6, 6.07) is 12.6. The molecule has 0 aliphatic rings. The Kier molecular flexibility index (Phi) is 7.19. The van der Waals surface area contributed by atoms with Crippen LogP contribution in [0.2, 0.25) is 0 Å². The van der Waals surface area contributed by atoms with Crippen LogP contribution >= 0.6 is 0 Å². The third-order valence-electron chi connectivity index (χ3n) is 4.01. The zero-order valence-electron chi connectivity index (χ0n) is 15.9. The Morgan fingerprint density at radius 2 is 1.78 bits per heavy atom. The number of hydrogen-bond acceptors (Lipinski definition) is 5. The molecule has 27 heavy (non-hydrogen) atoms. The van der Waals surface area contributed by atoms with Crippen LogP contribution in [0, 0.1) is 6.92 Å². The van der Waals surface area contributed by atoms with Gasteiger partial charge in [0.15, 0.2) is 0 Å². The number of nitrogens with one attached hydrogen (secondary N) is 2. The number of carbonyl (C=O) groups excluding carboxylic acids is 2. The van der Waals surface area contributed by atoms with E-state index in [1.54, 1.807) is 19.2 Å². The van der Waals surface area contributed by atoms with Crippen molar-refractivity contribution >= 4 is 17.5 Å². The second-order valence-corrected chi connectivity index (χ2v) is 5.87. The molecule has 0 radical (unpaired) electrons. The molecule has 2 amide bonds. The lowest BCUT2D eigenvalue weighted by Gasteiger charge is -2.17. The number of benzene rings is 2. The third-order valence-corrected chi connectivity index (χ3v) is 4.01. The molecule has 0 heterocycles. The van der Waals surface area contributed by atoms with Crippen LogP contribution in [0.3, 0.4) is 0 Å². The maximum absolute atomic E-state index is 12.2. The molecule has 0 saturated carbocycles. The second-order valence-electron chi connectivity index (χ2n) is 5.87. The molecule has 2 aromatic rings. The molecule has 0 aliphatic carbocycles. The Morgan fingerprint density at radius 3 is 2.44 bits per heavy atom. The molecule has 1 atom stereocenters. The first-order chi connectivity index (χ1) is 13.0. The molecule has 1 unspecified atom stereocenters. The fraction of sp³-hybridized carbons (Fsp3) is 0.300. The second kappa shape index (κ2) is 9.59. The van der Waals surface area contributed by atoms with Crippen molar-refractivity contribution in [1.82, 2.24) is 5.32 Å². The summed E-state index contributed by atoms with van der Waals surface area (Å²) < 4.78 is 15.8. The zero-order chi connectivity index (χ0) is 19.8. The van der Waals surface area contributed by atoms with Crippen molar-refractivity contribution < 1.29 is 23.8 Å². The van der Waals surface area contributed by atoms with Crippen molar-refractivity contribution in [2.45, 2.75) is 13.0 Å². The van der Waals surface area contributed by atoms with Crippen LogP contribution in [-0.4, -0.2) is 39.7 Å². The molecule has 2 N–H and O–H groups in total. The van der Waals surface area contributed by atoms with Crippen LogP contribution in [0.4, 0.5) is 5.69 Å². The molecular formula is C20H24N2O5. The van der Waals surface area contributed by atoms with Gasteiger partial charge in [0.25, 0.3) is 0 Å². The van der Waals surface area contributed by atoms with Crippen molar-refractivity contribution in [3.05, 3.63) is 53.6 Å². The molecule has 2 rings (SSSR count). The summed E-state index contributed by atoms with van der Waals surface area (Å²) in [6.45, 7) is 2.02. The van der Waals surface area contributed by atoms with Crippen LogP contribution in [0.5, 0.6) is 11.5 Å². The summed E-state index contributed by atoms with van der Waals surface area (Å²) in [5.74, 6) is -0.374. The van der Waals surface area contributed by atoms with E-state index in [0.29, 0.717) is 17.2 Å². The number of methoxy groups -OCH3 is 3. The lowest BCUT2D eigenvalue weighted by Crippen LogP contribution is -2.38. The highest BCUT2D eigenvalue weighted by atomic mass is 16.5. The minimum absolute atomic E-state index is 0.140. The van der Waals surface area contributed by atoms with Gasteiger partial charge in [-0.3, -0.25) is 9.59 Å². The molecule has 0 spiro atoms. The van der Waals surface area contributed by atoms with Gasteiger partial charge in [-0.1, -0.05) is 18.2 Å². The maximum Gasteiger partial charge on any atom is 0.313 e. The van der Waals surface area contributed by atoms with Crippen molar-refractivity contribution in [1.29, 1.82) is 0 Å². The van der Waals surface area contributed by atoms with E-state index in [1.807, 2.05) is 37.3 Å². The number of carbonyl (C=O) groups is 2. The fourth-order valence-corrected chi connectivity index (χ4v) is 2.54. The van der Waals surface area contributed by atoms with Crippen LogP contribution in [0.1, 0.15) is 17.2 Å². The lowest BCUT2D eigenvalue weighted by atomic mass is 10.1. The van der Waals surface area contributed by atoms with Gasteiger partial charge in [0.2, 0.25) is 0 Å². The van der Waals surface area contributed by atoms with E-state index in [9.17, 15) is 9.59 Å². The molecule has 0 aliphatic heterocycles. The van der Waals surface area contributed by atoms with E-state index in [2.05, 4.69) is 10.6 Å². The first kappa shape index (κ1) is 20.3. The van der Waals surface area contributed by atoms with Gasteiger partial charge in [-0.25, -0.2) is 0 Å². The average molecular weight is 372 g/mol. The van der Waals surface area contributed by atoms with Gasteiger partial charge in [0, 0.05) is 13.7 Å². The smallest absolute Gasteiger partial charge is 0.313 e. The van der Waals surface area contributed by atoms with Crippen LogP contribution in [0.25, 0.3) is 0 Å². The van der Waals surface area contributed by atoms with Crippen molar-refractivity contribution in [2.75, 3.05) is 33.2 Å². The molecule has 0 aromatic heterocycles. The van der Waals surface area contributed by atoms with Crippen molar-refractivity contribution in [3.63, 3.8) is 0 Å². The Morgan fingerprint density at radius 1 is 1.00 bits per heavy atom. The summed E-state index contributed by atoms with van der Waals surface area (Å²) in [5.41, 5.74) is 2.20. The van der Waals surface area contributed by atoms with Crippen LogP contribution in [-0.2, 0) is 14.3 Å². The van der Waals surface area contributed by atoms with Gasteiger partial charge in [0.1, 0.15) is 11.5 Å². The Balaban J connectivity index is 1.99. The third kappa shape index (κ3) is 5.46. The SMILES string of the molecule is COc1cccc(C(CNC(=O)C(=O)Nc2cc(C)ccc2OC)OC)c1. The zero-order valence-corrected chi connectivity index (χ0v) is 15.9. The number of hydrogen-bond donors (Lipinski definition) is 2. The van der Waals surface area contributed by atoms with E-state index in [0.717, 1.165) is 11.1 Å². The van der Waals surface area contributed by atoms with Gasteiger partial charge in [0.05, 0.1) is 26.0 Å². The summed E-state index contributed by atoms with van der Waals surface area (Å²) in [5, 5.41) is 5.15. The maximum atomic E-state index is 12.2. The van der Waals surface area contributed by atoms with Crippen molar-refractivity contribution in [2.24, 2.45) is 0 Å². The lowest BCUT2D eigenvalue weighted by molar-refractivity contribution is -0.136. The first-order valence-electron chi connectivity index (χ1n) is 8.39. The topological polar surface area (TPSA) is 85.9 Å². The number of anilines is 1. The van der Waals surface area contributed by atoms with E-state index in [4.69, 9.17) is 14.2 Å². The highest BCUT2D eigenvalue weighted by Crippen LogP contribution is 2.25. The predicted octanol–water partition coefficient (Wildman–Crippen LogP) is 2.45. The minimum atomic E-state index is -0.778. The van der Waals surface area contributed by atoms with E-state index < -0.39 is 17.9 Å². The molecule has 0 bridgehead atoms. The van der Waals surface area contributed by atoms with E-state index in [-0.39, 0.29) is 6.54 Å². The van der Waals surface area contributed by atoms with Gasteiger partial charge in [-0.05, 0) is 42.3 Å². The largest absolute Gasteiger partial charge is 0.497 e. The molecule has 7 heteroatoms. The van der Waals surface area contributed by atoms with E-state index >= 15 is 0 Å². The van der Waals surface area contributed by atoms with E-state index in [1.165, 1.54) is 14.2 Å². The number of rotatable bonds is 7. The predicted molar refractivity (Wildman–Crippen MR) is 102 cm³/mol. The van der Waals surface area contributed by atoms with Gasteiger partial charge in [-0.2, -0.15) is 0 Å². The molecular weight excluding hydrogens is 348 g/mol. The normalized spacial score (nSPS) is 11.4. The molecule has 7 nitrogen and oxygen atoms in total. The average Bonchev–Trinajstić information content (AvgIpc) is 2.68. The first-order valence-corrected chi connectivity index (χ1v) is 8.39. The number of amides is 2. The summed E-state index contributed by atoms with van der Waals surface area (Å²) in [6.07, 6.45) is -0.412. The minimum Gasteiger partial charge on any atom is -0.497 e. The summed E-state index contributed by atoms with van der Waals surface area (Å²) in [7, 11) is 4.61. The molecule has 0 fully saturated rings. The van der Waals surface area contributed by atoms with Crippen LogP contribution in [0.15, 0.2) is 42.5 Å². The summed E-state index contributed by atoms with van der Waals surface area (Å²) >= 11 is 0. The highest BCUT2D eigenvalue weighted by Gasteiger charge is 2.19. The van der Waals surface area contributed by atoms with Crippen LogP contribution < -0.4 is 20.1 Å². The number of ether oxygens (including phenoxy) is 3. The summed E-state index contributed by atoms with van der Waals surface area (Å²) in [4.78, 5) is 24.4. The quantitative estimate of drug-likeness (QED) is 0.729. The molecule has 2 aromatic carbocycles. The monoisotopic (exact) mass is 372 g/mol.